The summed E-state index contributed by atoms with van der Waals surface area (Å²) in [7, 11) is 0. The van der Waals surface area contributed by atoms with Crippen LogP contribution in [0.4, 0.5) is 5.82 Å². The van der Waals surface area contributed by atoms with Crippen LogP contribution >= 0.6 is 0 Å². The molecular weight excluding hydrogens is 280 g/mol. The normalized spacial score (nSPS) is 13.5. The molecule has 0 saturated carbocycles. The summed E-state index contributed by atoms with van der Waals surface area (Å²) in [5.41, 5.74) is 4.47. The maximum atomic E-state index is 12.0. The molecule has 0 aliphatic carbocycles. The molecule has 0 atom stereocenters. The molecule has 116 valence electrons. The molecule has 3 N–H and O–H groups in total. The zero-order valence-electron chi connectivity index (χ0n) is 12.8. The fraction of sp³-hybridized carbons (Fsp3) is 0.375. The molecule has 1 aromatic carbocycles. The molecule has 1 aliphatic heterocycles. The highest BCUT2D eigenvalue weighted by Gasteiger charge is 2.18. The monoisotopic (exact) mass is 300 g/mol. The van der Waals surface area contributed by atoms with Gasteiger partial charge in [0.05, 0.1) is 5.69 Å². The van der Waals surface area contributed by atoms with E-state index in [1.54, 1.807) is 0 Å². The maximum absolute atomic E-state index is 12.0. The van der Waals surface area contributed by atoms with Crippen LogP contribution in [-0.4, -0.2) is 29.3 Å². The number of hydrogen-bond acceptors (Lipinski definition) is 4. The van der Waals surface area contributed by atoms with E-state index in [1.165, 1.54) is 5.56 Å². The van der Waals surface area contributed by atoms with Crippen LogP contribution in [0.2, 0.25) is 0 Å². The summed E-state index contributed by atoms with van der Waals surface area (Å²) >= 11 is 0. The van der Waals surface area contributed by atoms with E-state index in [1.807, 2.05) is 32.0 Å². The van der Waals surface area contributed by atoms with Gasteiger partial charge in [0, 0.05) is 12.1 Å². The Morgan fingerprint density at radius 2 is 2.23 bits per heavy atom. The van der Waals surface area contributed by atoms with E-state index < -0.39 is 0 Å². The van der Waals surface area contributed by atoms with E-state index in [0.717, 1.165) is 36.3 Å². The largest absolute Gasteiger partial charge is 0.484 e. The molecule has 1 aromatic heterocycles. The van der Waals surface area contributed by atoms with E-state index >= 15 is 0 Å². The average Bonchev–Trinajstić information content (AvgIpc) is 2.92. The van der Waals surface area contributed by atoms with Crippen LogP contribution in [0.15, 0.2) is 18.2 Å². The Kier molecular flexibility index (Phi) is 4.11. The number of hydrogen-bond donors (Lipinski definition) is 3. The molecule has 1 amide bonds. The van der Waals surface area contributed by atoms with Crippen LogP contribution in [-0.2, 0) is 17.8 Å². The van der Waals surface area contributed by atoms with Crippen molar-refractivity contribution in [1.29, 1.82) is 0 Å². The number of aryl methyl sites for hydroxylation is 2. The average molecular weight is 300 g/mol. The lowest BCUT2D eigenvalue weighted by molar-refractivity contribution is -0.118. The number of rotatable bonds is 4. The molecular formula is C16H20N4O2. The number of aromatic amines is 1. The first-order valence-corrected chi connectivity index (χ1v) is 7.40. The second kappa shape index (κ2) is 6.19. The van der Waals surface area contributed by atoms with Gasteiger partial charge in [-0.1, -0.05) is 6.07 Å². The Balaban J connectivity index is 1.58. The number of aromatic nitrogens is 2. The molecule has 22 heavy (non-hydrogen) atoms. The standard InChI is InChI=1S/C16H20N4O2/c1-10-3-4-12(7-11(10)2)22-9-15(21)18-16-13-5-6-17-8-14(13)19-20-16/h3-4,7,17H,5-6,8-9H2,1-2H3,(H2,18,19,20,21). The Bertz CT molecular complexity index is 693. The van der Waals surface area contributed by atoms with Gasteiger partial charge in [-0.15, -0.1) is 0 Å². The molecule has 0 fully saturated rings. The summed E-state index contributed by atoms with van der Waals surface area (Å²) in [6.07, 6.45) is 0.861. The van der Waals surface area contributed by atoms with Gasteiger partial charge in [0.15, 0.2) is 12.4 Å². The summed E-state index contributed by atoms with van der Waals surface area (Å²) in [6, 6.07) is 5.79. The van der Waals surface area contributed by atoms with Gasteiger partial charge in [-0.2, -0.15) is 5.10 Å². The number of fused-ring (bicyclic) bond motifs is 1. The number of anilines is 1. The Hall–Kier alpha value is -2.34. The van der Waals surface area contributed by atoms with Gasteiger partial charge in [0.2, 0.25) is 0 Å². The van der Waals surface area contributed by atoms with Crippen molar-refractivity contribution in [2.75, 3.05) is 18.5 Å². The number of nitrogens with zero attached hydrogens (tertiary/aromatic N) is 1. The Morgan fingerprint density at radius 3 is 3.05 bits per heavy atom. The topological polar surface area (TPSA) is 79.0 Å². The summed E-state index contributed by atoms with van der Waals surface area (Å²) in [6.45, 7) is 5.70. The first kappa shape index (κ1) is 14.6. The van der Waals surface area contributed by atoms with Gasteiger partial charge in [-0.25, -0.2) is 0 Å². The van der Waals surface area contributed by atoms with Gasteiger partial charge in [0.1, 0.15) is 5.75 Å². The van der Waals surface area contributed by atoms with E-state index in [-0.39, 0.29) is 12.5 Å². The van der Waals surface area contributed by atoms with Crippen LogP contribution in [0, 0.1) is 13.8 Å². The number of benzene rings is 1. The zero-order valence-corrected chi connectivity index (χ0v) is 12.8. The third-order valence-electron chi connectivity index (χ3n) is 3.91. The summed E-state index contributed by atoms with van der Waals surface area (Å²) in [4.78, 5) is 12.0. The SMILES string of the molecule is Cc1ccc(OCC(=O)Nc2n[nH]c3c2CCNC3)cc1C. The van der Waals surface area contributed by atoms with Crippen molar-refractivity contribution >= 4 is 11.7 Å². The fourth-order valence-corrected chi connectivity index (χ4v) is 2.47. The third-order valence-corrected chi connectivity index (χ3v) is 3.91. The van der Waals surface area contributed by atoms with Crippen molar-refractivity contribution in [3.05, 3.63) is 40.6 Å². The second-order valence-electron chi connectivity index (χ2n) is 5.54. The van der Waals surface area contributed by atoms with Crippen LogP contribution in [0.3, 0.4) is 0 Å². The van der Waals surface area contributed by atoms with E-state index in [9.17, 15) is 4.79 Å². The summed E-state index contributed by atoms with van der Waals surface area (Å²) in [5.74, 6) is 1.11. The molecule has 3 rings (SSSR count). The quantitative estimate of drug-likeness (QED) is 0.803. The fourth-order valence-electron chi connectivity index (χ4n) is 2.47. The molecule has 2 heterocycles. The predicted molar refractivity (Wildman–Crippen MR) is 84.0 cm³/mol. The van der Waals surface area contributed by atoms with Crippen molar-refractivity contribution < 1.29 is 9.53 Å². The van der Waals surface area contributed by atoms with E-state index in [4.69, 9.17) is 4.74 Å². The molecule has 6 nitrogen and oxygen atoms in total. The van der Waals surface area contributed by atoms with E-state index in [2.05, 4.69) is 20.8 Å². The van der Waals surface area contributed by atoms with Crippen molar-refractivity contribution in [3.8, 4) is 5.75 Å². The van der Waals surface area contributed by atoms with Gasteiger partial charge in [-0.3, -0.25) is 9.89 Å². The Labute approximate surface area is 129 Å². The van der Waals surface area contributed by atoms with Crippen LogP contribution in [0.5, 0.6) is 5.75 Å². The number of amides is 1. The lowest BCUT2D eigenvalue weighted by atomic mass is 10.1. The third kappa shape index (κ3) is 3.12. The molecule has 0 spiro atoms. The molecule has 1 aliphatic rings. The van der Waals surface area contributed by atoms with Crippen molar-refractivity contribution in [3.63, 3.8) is 0 Å². The lowest BCUT2D eigenvalue weighted by Gasteiger charge is -2.13. The highest BCUT2D eigenvalue weighted by Crippen LogP contribution is 2.20. The Morgan fingerprint density at radius 1 is 1.36 bits per heavy atom. The molecule has 0 bridgehead atoms. The first-order valence-electron chi connectivity index (χ1n) is 7.40. The van der Waals surface area contributed by atoms with Gasteiger partial charge < -0.3 is 15.4 Å². The molecule has 6 heteroatoms. The number of nitrogens with one attached hydrogen (secondary N) is 3. The second-order valence-corrected chi connectivity index (χ2v) is 5.54. The van der Waals surface area contributed by atoms with Crippen molar-refractivity contribution in [2.24, 2.45) is 0 Å². The molecule has 0 radical (unpaired) electrons. The summed E-state index contributed by atoms with van der Waals surface area (Å²) in [5, 5.41) is 13.2. The van der Waals surface area contributed by atoms with Crippen LogP contribution < -0.4 is 15.4 Å². The van der Waals surface area contributed by atoms with Gasteiger partial charge in [-0.05, 0) is 50.1 Å². The van der Waals surface area contributed by atoms with E-state index in [0.29, 0.717) is 11.6 Å². The minimum atomic E-state index is -0.203. The van der Waals surface area contributed by atoms with Crippen molar-refractivity contribution in [2.45, 2.75) is 26.8 Å². The number of carbonyl (C=O) groups excluding carboxylic acids is 1. The highest BCUT2D eigenvalue weighted by molar-refractivity contribution is 5.91. The molecule has 2 aromatic rings. The maximum Gasteiger partial charge on any atom is 0.263 e. The highest BCUT2D eigenvalue weighted by atomic mass is 16.5. The number of ether oxygens (including phenoxy) is 1. The zero-order chi connectivity index (χ0) is 15.5. The smallest absolute Gasteiger partial charge is 0.263 e. The molecule has 0 unspecified atom stereocenters. The first-order chi connectivity index (χ1) is 10.6. The van der Waals surface area contributed by atoms with Gasteiger partial charge in [0.25, 0.3) is 5.91 Å². The predicted octanol–water partition coefficient (Wildman–Crippen LogP) is 1.69. The molecule has 0 saturated heterocycles. The summed E-state index contributed by atoms with van der Waals surface area (Å²) < 4.78 is 5.53. The minimum absolute atomic E-state index is 0.0254. The number of carbonyl (C=O) groups is 1. The minimum Gasteiger partial charge on any atom is -0.484 e. The van der Waals surface area contributed by atoms with Crippen molar-refractivity contribution in [1.82, 2.24) is 15.5 Å². The van der Waals surface area contributed by atoms with Crippen LogP contribution in [0.25, 0.3) is 0 Å². The van der Waals surface area contributed by atoms with Crippen LogP contribution in [0.1, 0.15) is 22.4 Å². The van der Waals surface area contributed by atoms with Gasteiger partial charge >= 0.3 is 0 Å². The lowest BCUT2D eigenvalue weighted by Crippen LogP contribution is -2.25. The number of H-pyrrole nitrogens is 1.